The van der Waals surface area contributed by atoms with E-state index in [1.165, 1.54) is 0 Å². The molecule has 2 saturated heterocycles. The van der Waals surface area contributed by atoms with E-state index in [1.54, 1.807) is 0 Å². The molecule has 9 nitrogen and oxygen atoms in total. The van der Waals surface area contributed by atoms with Gasteiger partial charge in [-0.1, -0.05) is 0 Å². The van der Waals surface area contributed by atoms with Crippen LogP contribution in [-0.2, 0) is 14.2 Å². The predicted molar refractivity (Wildman–Crippen MR) is 56.6 cm³/mol. The van der Waals surface area contributed by atoms with Gasteiger partial charge in [-0.15, -0.1) is 0 Å². The number of hydrogen-bond donors (Lipinski definition) is 6. The molecule has 6 N–H and O–H groups in total. The largest absolute Gasteiger partial charge is 0.394 e. The predicted octanol–water partition coefficient (Wildman–Crippen LogP) is -4.12. The maximum atomic E-state index is 9.59. The van der Waals surface area contributed by atoms with Crippen LogP contribution in [0.1, 0.15) is 0 Å². The van der Waals surface area contributed by atoms with Gasteiger partial charge >= 0.3 is 0 Å². The minimum Gasteiger partial charge on any atom is -0.394 e. The summed E-state index contributed by atoms with van der Waals surface area (Å²) in [6.07, 6.45) is -10.00. The van der Waals surface area contributed by atoms with Crippen molar-refractivity contribution in [3.05, 3.63) is 0 Å². The maximum absolute atomic E-state index is 9.59. The van der Waals surface area contributed by atoms with Crippen LogP contribution in [0.2, 0.25) is 0 Å². The van der Waals surface area contributed by atoms with Crippen LogP contribution in [0.15, 0.2) is 0 Å². The molecule has 0 aromatic rings. The molecule has 0 bridgehead atoms. The second kappa shape index (κ2) is 5.95. The molecule has 9 heteroatoms. The lowest BCUT2D eigenvalue weighted by Gasteiger charge is -2.19. The normalized spacial score (nSPS) is 50.8. The topological polar surface area (TPSA) is 149 Å². The highest BCUT2D eigenvalue weighted by molar-refractivity contribution is 4.88. The minimum atomic E-state index is -1.51. The molecule has 2 fully saturated rings. The maximum Gasteiger partial charge on any atom is 0.186 e. The lowest BCUT2D eigenvalue weighted by Crippen LogP contribution is -2.38. The Morgan fingerprint density at radius 1 is 0.789 bits per heavy atom. The summed E-state index contributed by atoms with van der Waals surface area (Å²) in [6, 6.07) is 0. The molecule has 2 heterocycles. The lowest BCUT2D eigenvalue weighted by molar-refractivity contribution is -0.197. The third kappa shape index (κ3) is 2.89. The van der Waals surface area contributed by atoms with Crippen LogP contribution in [0.25, 0.3) is 0 Å². The average Bonchev–Trinajstić information content (AvgIpc) is 2.81. The van der Waals surface area contributed by atoms with E-state index in [4.69, 9.17) is 24.4 Å². The third-order valence-corrected chi connectivity index (χ3v) is 3.26. The third-order valence-electron chi connectivity index (χ3n) is 3.26. The van der Waals surface area contributed by atoms with Gasteiger partial charge in [0, 0.05) is 0 Å². The summed E-state index contributed by atoms with van der Waals surface area (Å²) in [6.45, 7) is -0.736. The highest BCUT2D eigenvalue weighted by atomic mass is 16.7. The zero-order valence-electron chi connectivity index (χ0n) is 9.94. The van der Waals surface area contributed by atoms with Gasteiger partial charge < -0.3 is 44.8 Å². The summed E-state index contributed by atoms with van der Waals surface area (Å²) in [5, 5.41) is 55.9. The Labute approximate surface area is 108 Å². The Bertz CT molecular complexity index is 301. The number of ether oxygens (including phenoxy) is 3. The van der Waals surface area contributed by atoms with Crippen molar-refractivity contribution in [3.8, 4) is 0 Å². The summed E-state index contributed by atoms with van der Waals surface area (Å²) >= 11 is 0. The van der Waals surface area contributed by atoms with Crippen LogP contribution in [0.4, 0.5) is 0 Å². The van der Waals surface area contributed by atoms with Gasteiger partial charge in [0.25, 0.3) is 0 Å². The molecule has 0 aliphatic carbocycles. The average molecular weight is 282 g/mol. The van der Waals surface area contributed by atoms with Gasteiger partial charge in [0.2, 0.25) is 0 Å². The standard InChI is InChI=1S/C10H18O9/c11-1-3-5(12)8(15)10(19-3)17-2-4-6(13)7(14)9(16)18-4/h3-16H,1-2H2/t3-,4-,5-,6-,7-,8-,9?,10+/m1/s1. The van der Waals surface area contributed by atoms with Gasteiger partial charge in [0.1, 0.15) is 36.6 Å². The molecule has 2 rings (SSSR count). The van der Waals surface area contributed by atoms with Crippen LogP contribution in [0.3, 0.4) is 0 Å². The quantitative estimate of drug-likeness (QED) is 0.302. The van der Waals surface area contributed by atoms with Crippen LogP contribution in [-0.4, -0.2) is 93.1 Å². The summed E-state index contributed by atoms with van der Waals surface area (Å²) < 4.78 is 15.0. The van der Waals surface area contributed by atoms with E-state index >= 15 is 0 Å². The van der Waals surface area contributed by atoms with Crippen LogP contribution < -0.4 is 0 Å². The van der Waals surface area contributed by atoms with Crippen molar-refractivity contribution < 1.29 is 44.8 Å². The van der Waals surface area contributed by atoms with E-state index < -0.39 is 55.8 Å². The molecule has 2 aliphatic heterocycles. The SMILES string of the molecule is OC[C@H]1O[C@H](OC[C@H]2OC(O)[C@H](O)[C@@H]2O)[C@H](O)[C@@H]1O. The van der Waals surface area contributed by atoms with Crippen molar-refractivity contribution >= 4 is 0 Å². The Kier molecular flexibility index (Phi) is 4.71. The molecule has 0 amide bonds. The minimum absolute atomic E-state index is 0.262. The first kappa shape index (κ1) is 15.0. The monoisotopic (exact) mass is 282 g/mol. The number of aliphatic hydroxyl groups is 6. The summed E-state index contributed by atoms with van der Waals surface area (Å²) in [7, 11) is 0. The van der Waals surface area contributed by atoms with E-state index in [0.29, 0.717) is 0 Å². The second-order valence-corrected chi connectivity index (χ2v) is 4.59. The molecule has 2 aliphatic rings. The first-order valence-corrected chi connectivity index (χ1v) is 5.89. The van der Waals surface area contributed by atoms with E-state index in [1.807, 2.05) is 0 Å². The van der Waals surface area contributed by atoms with Crippen molar-refractivity contribution in [2.24, 2.45) is 0 Å². The molecule has 0 saturated carbocycles. The number of hydrogen-bond acceptors (Lipinski definition) is 9. The molecule has 19 heavy (non-hydrogen) atoms. The van der Waals surface area contributed by atoms with Gasteiger partial charge in [0.05, 0.1) is 13.2 Å². The van der Waals surface area contributed by atoms with Crippen LogP contribution in [0, 0.1) is 0 Å². The van der Waals surface area contributed by atoms with Crippen LogP contribution in [0.5, 0.6) is 0 Å². The van der Waals surface area contributed by atoms with Crippen molar-refractivity contribution in [1.29, 1.82) is 0 Å². The Balaban J connectivity index is 1.83. The Morgan fingerprint density at radius 3 is 1.89 bits per heavy atom. The molecule has 0 aromatic carbocycles. The highest BCUT2D eigenvalue weighted by Crippen LogP contribution is 2.24. The van der Waals surface area contributed by atoms with E-state index in [0.717, 1.165) is 0 Å². The summed E-state index contributed by atoms with van der Waals surface area (Å²) in [4.78, 5) is 0. The Hall–Kier alpha value is -0.360. The fraction of sp³-hybridized carbons (Fsp3) is 1.00. The van der Waals surface area contributed by atoms with Gasteiger partial charge in [-0.05, 0) is 0 Å². The zero-order valence-corrected chi connectivity index (χ0v) is 9.94. The Morgan fingerprint density at radius 2 is 1.42 bits per heavy atom. The van der Waals surface area contributed by atoms with Crippen molar-refractivity contribution in [3.63, 3.8) is 0 Å². The van der Waals surface area contributed by atoms with Gasteiger partial charge in [-0.25, -0.2) is 0 Å². The second-order valence-electron chi connectivity index (χ2n) is 4.59. The zero-order chi connectivity index (χ0) is 14.2. The molecule has 0 radical (unpaired) electrons. The molecule has 0 spiro atoms. The van der Waals surface area contributed by atoms with Crippen molar-refractivity contribution in [2.75, 3.05) is 13.2 Å². The van der Waals surface area contributed by atoms with Crippen LogP contribution >= 0.6 is 0 Å². The fourth-order valence-electron chi connectivity index (χ4n) is 2.06. The van der Waals surface area contributed by atoms with Gasteiger partial charge in [-0.2, -0.15) is 0 Å². The number of rotatable bonds is 4. The molecule has 8 atom stereocenters. The van der Waals surface area contributed by atoms with E-state index in [2.05, 4.69) is 0 Å². The summed E-state index contributed by atoms with van der Waals surface area (Å²) in [5.74, 6) is 0. The van der Waals surface area contributed by atoms with E-state index in [9.17, 15) is 20.4 Å². The molecule has 112 valence electrons. The van der Waals surface area contributed by atoms with Crippen molar-refractivity contribution in [1.82, 2.24) is 0 Å². The first-order chi connectivity index (χ1) is 8.95. The highest BCUT2D eigenvalue weighted by Gasteiger charge is 2.46. The summed E-state index contributed by atoms with van der Waals surface area (Å²) in [5.41, 5.74) is 0. The molecule has 1 unspecified atom stereocenters. The van der Waals surface area contributed by atoms with E-state index in [-0.39, 0.29) is 6.61 Å². The number of aliphatic hydroxyl groups excluding tert-OH is 6. The van der Waals surface area contributed by atoms with Gasteiger partial charge in [0.15, 0.2) is 12.6 Å². The smallest absolute Gasteiger partial charge is 0.186 e. The molecular weight excluding hydrogens is 264 g/mol. The molecular formula is C10H18O9. The first-order valence-electron chi connectivity index (χ1n) is 5.89. The van der Waals surface area contributed by atoms with Gasteiger partial charge in [-0.3, -0.25) is 0 Å². The lowest BCUT2D eigenvalue weighted by atomic mass is 10.1. The fourth-order valence-corrected chi connectivity index (χ4v) is 2.06. The molecule has 0 aromatic heterocycles. The van der Waals surface area contributed by atoms with Crippen molar-refractivity contribution in [2.45, 2.75) is 49.2 Å².